The van der Waals surface area contributed by atoms with Crippen molar-refractivity contribution in [1.82, 2.24) is 0 Å². The fourth-order valence-electron chi connectivity index (χ4n) is 1.68. The summed E-state index contributed by atoms with van der Waals surface area (Å²) >= 11 is 0. The predicted molar refractivity (Wildman–Crippen MR) is 92.3 cm³/mol. The Kier molecular flexibility index (Phi) is 10.3. The van der Waals surface area contributed by atoms with Gasteiger partial charge in [0.05, 0.1) is 12.2 Å². The smallest absolute Gasteiger partial charge is 0.419 e. The molecule has 134 valence electrons. The van der Waals surface area contributed by atoms with Crippen molar-refractivity contribution in [3.05, 3.63) is 72.8 Å². The zero-order chi connectivity index (χ0) is 18.6. The summed E-state index contributed by atoms with van der Waals surface area (Å²) in [6, 6.07) is 0. The summed E-state index contributed by atoms with van der Waals surface area (Å²) < 4.78 is 49.9. The third-order valence-corrected chi connectivity index (χ3v) is 2.85. The van der Waals surface area contributed by atoms with Crippen molar-refractivity contribution in [2.24, 2.45) is 0 Å². The van der Waals surface area contributed by atoms with Crippen LogP contribution in [0.25, 0.3) is 0 Å². The van der Waals surface area contributed by atoms with Gasteiger partial charge in [0.2, 0.25) is 0 Å². The maximum Gasteiger partial charge on any atom is 0.419 e. The fourth-order valence-corrected chi connectivity index (χ4v) is 1.68. The van der Waals surface area contributed by atoms with Gasteiger partial charge < -0.3 is 9.47 Å². The molecule has 0 N–H and O–H groups in total. The highest BCUT2D eigenvalue weighted by atomic mass is 19.4. The monoisotopic (exact) mass is 342 g/mol. The van der Waals surface area contributed by atoms with E-state index in [0.29, 0.717) is 24.4 Å². The van der Waals surface area contributed by atoms with E-state index in [1.807, 2.05) is 6.92 Å². The average molecular weight is 342 g/mol. The Morgan fingerprint density at radius 3 is 2.29 bits per heavy atom. The van der Waals surface area contributed by atoms with Crippen LogP contribution in [0.2, 0.25) is 0 Å². The van der Waals surface area contributed by atoms with E-state index in [9.17, 15) is 13.2 Å². The van der Waals surface area contributed by atoms with Crippen LogP contribution in [-0.4, -0.2) is 19.4 Å². The van der Waals surface area contributed by atoms with E-state index in [0.717, 1.165) is 12.5 Å². The maximum atomic E-state index is 13.0. The van der Waals surface area contributed by atoms with Crippen molar-refractivity contribution in [1.29, 1.82) is 0 Å². The average Bonchev–Trinajstić information content (AvgIpc) is 2.51. The number of ether oxygens (including phenoxy) is 2. The molecule has 0 aliphatic heterocycles. The summed E-state index contributed by atoms with van der Waals surface area (Å²) in [5.74, 6) is 0.0819. The molecular formula is C19H25F3O2. The highest BCUT2D eigenvalue weighted by Crippen LogP contribution is 2.30. The molecule has 0 atom stereocenters. The van der Waals surface area contributed by atoms with Gasteiger partial charge in [-0.25, -0.2) is 0 Å². The Morgan fingerprint density at radius 2 is 1.83 bits per heavy atom. The van der Waals surface area contributed by atoms with E-state index in [1.165, 1.54) is 12.2 Å². The van der Waals surface area contributed by atoms with E-state index < -0.39 is 11.7 Å². The molecule has 0 amide bonds. The van der Waals surface area contributed by atoms with Gasteiger partial charge in [-0.1, -0.05) is 44.4 Å². The molecular weight excluding hydrogens is 317 g/mol. The molecule has 0 unspecified atom stereocenters. The Morgan fingerprint density at radius 1 is 1.17 bits per heavy atom. The second-order valence-corrected chi connectivity index (χ2v) is 4.79. The first-order valence-electron chi connectivity index (χ1n) is 7.63. The van der Waals surface area contributed by atoms with Gasteiger partial charge in [0.15, 0.2) is 0 Å². The molecule has 2 nitrogen and oxygen atoms in total. The van der Waals surface area contributed by atoms with Crippen LogP contribution in [0.3, 0.4) is 0 Å². The molecule has 0 heterocycles. The second kappa shape index (κ2) is 11.4. The van der Waals surface area contributed by atoms with Gasteiger partial charge in [-0.2, -0.15) is 13.2 Å². The first kappa shape index (κ1) is 21.8. The van der Waals surface area contributed by atoms with E-state index >= 15 is 0 Å². The number of allylic oxidation sites excluding steroid dienone is 6. The highest BCUT2D eigenvalue weighted by molar-refractivity contribution is 5.33. The quantitative estimate of drug-likeness (QED) is 0.259. The lowest BCUT2D eigenvalue weighted by atomic mass is 10.2. The highest BCUT2D eigenvalue weighted by Gasteiger charge is 2.34. The Hall–Kier alpha value is -2.17. The van der Waals surface area contributed by atoms with Crippen LogP contribution in [-0.2, 0) is 9.47 Å². The molecule has 0 fully saturated rings. The van der Waals surface area contributed by atoms with E-state index in [2.05, 4.69) is 19.7 Å². The Bertz CT molecular complexity index is 523. The largest absolute Gasteiger partial charge is 0.494 e. The first-order valence-corrected chi connectivity index (χ1v) is 7.63. The molecule has 0 saturated carbocycles. The van der Waals surface area contributed by atoms with Crippen LogP contribution >= 0.6 is 0 Å². The summed E-state index contributed by atoms with van der Waals surface area (Å²) in [6.45, 7) is 14.6. The van der Waals surface area contributed by atoms with Crippen LogP contribution in [0.1, 0.15) is 26.7 Å². The molecule has 24 heavy (non-hydrogen) atoms. The first-order chi connectivity index (χ1) is 11.3. The number of alkyl halides is 3. The van der Waals surface area contributed by atoms with E-state index in [1.54, 1.807) is 19.1 Å². The summed E-state index contributed by atoms with van der Waals surface area (Å²) in [5.41, 5.74) is -0.348. The van der Waals surface area contributed by atoms with Gasteiger partial charge in [-0.15, -0.1) is 6.58 Å². The molecule has 0 saturated heterocycles. The minimum atomic E-state index is -4.54. The molecule has 0 aliphatic rings. The summed E-state index contributed by atoms with van der Waals surface area (Å²) in [4.78, 5) is 0. The van der Waals surface area contributed by atoms with Crippen molar-refractivity contribution >= 4 is 0 Å². The van der Waals surface area contributed by atoms with Gasteiger partial charge in [-0.3, -0.25) is 0 Å². The number of hydrogen-bond donors (Lipinski definition) is 0. The molecule has 0 bridgehead atoms. The molecule has 0 radical (unpaired) electrons. The molecule has 0 aromatic carbocycles. The zero-order valence-corrected chi connectivity index (χ0v) is 14.3. The fraction of sp³-hybridized carbons (Fsp3) is 0.368. The topological polar surface area (TPSA) is 18.5 Å². The summed E-state index contributed by atoms with van der Waals surface area (Å²) in [5, 5.41) is 0. The lowest BCUT2D eigenvalue weighted by molar-refractivity contribution is -0.0911. The number of halogens is 3. The van der Waals surface area contributed by atoms with Gasteiger partial charge in [0, 0.05) is 5.57 Å². The van der Waals surface area contributed by atoms with Gasteiger partial charge in [-0.05, 0) is 25.8 Å². The standard InChI is InChI=1S/C19H25F3O2/c1-6-10-12-16(15(5)23-13-8-3)14-24-18(11-7-2)17(9-4)19(20,21)22/h6-7,9,11-12H,1,4-5,8,10,13-14H2,2-3H3/b11-7-,16-12-,18-17-. The maximum absolute atomic E-state index is 13.0. The molecule has 0 aliphatic carbocycles. The normalized spacial score (nSPS) is 13.5. The molecule has 5 heteroatoms. The van der Waals surface area contributed by atoms with E-state index in [4.69, 9.17) is 9.47 Å². The van der Waals surface area contributed by atoms with Crippen molar-refractivity contribution in [2.45, 2.75) is 32.9 Å². The lowest BCUT2D eigenvalue weighted by Gasteiger charge is -2.17. The Balaban J connectivity index is 5.40. The van der Waals surface area contributed by atoms with Crippen LogP contribution < -0.4 is 0 Å². The van der Waals surface area contributed by atoms with Crippen molar-refractivity contribution in [2.75, 3.05) is 13.2 Å². The number of hydrogen-bond acceptors (Lipinski definition) is 2. The molecule has 0 spiro atoms. The van der Waals surface area contributed by atoms with Gasteiger partial charge in [0.25, 0.3) is 0 Å². The molecule has 0 aromatic heterocycles. The predicted octanol–water partition coefficient (Wildman–Crippen LogP) is 6.02. The van der Waals surface area contributed by atoms with Gasteiger partial charge >= 0.3 is 6.18 Å². The van der Waals surface area contributed by atoms with Gasteiger partial charge in [0.1, 0.15) is 18.1 Å². The van der Waals surface area contributed by atoms with E-state index in [-0.39, 0.29) is 12.4 Å². The number of rotatable bonds is 11. The molecule has 0 aromatic rings. The van der Waals surface area contributed by atoms with Crippen LogP contribution in [0, 0.1) is 0 Å². The minimum absolute atomic E-state index is 0.0938. The second-order valence-electron chi connectivity index (χ2n) is 4.79. The third kappa shape index (κ3) is 7.90. The zero-order valence-electron chi connectivity index (χ0n) is 14.3. The van der Waals surface area contributed by atoms with Crippen LogP contribution in [0.15, 0.2) is 72.8 Å². The lowest BCUT2D eigenvalue weighted by Crippen LogP contribution is -2.14. The summed E-state index contributed by atoms with van der Waals surface area (Å²) in [7, 11) is 0. The van der Waals surface area contributed by atoms with Crippen LogP contribution in [0.4, 0.5) is 13.2 Å². The van der Waals surface area contributed by atoms with Crippen molar-refractivity contribution < 1.29 is 22.6 Å². The van der Waals surface area contributed by atoms with Crippen molar-refractivity contribution in [3.8, 4) is 0 Å². The third-order valence-electron chi connectivity index (χ3n) is 2.85. The minimum Gasteiger partial charge on any atom is -0.494 e. The molecule has 0 rings (SSSR count). The van der Waals surface area contributed by atoms with Crippen molar-refractivity contribution in [3.63, 3.8) is 0 Å². The summed E-state index contributed by atoms with van der Waals surface area (Å²) in [6.07, 6.45) is 3.68. The van der Waals surface area contributed by atoms with Crippen LogP contribution in [0.5, 0.6) is 0 Å². The SMILES string of the molecule is C=CC/C=C(/COC(/C=C\C)=C(/C=C)C(F)(F)F)C(=C)OCCC. The Labute approximate surface area is 142 Å².